The fraction of sp³-hybridized carbons (Fsp3) is 0.231. The van der Waals surface area contributed by atoms with E-state index in [1.165, 1.54) is 0 Å². The average Bonchev–Trinajstić information content (AvgIpc) is 3.13. The number of methoxy groups -OCH3 is 1. The third-order valence-electron chi connectivity index (χ3n) is 5.54. The number of rotatable bonds is 8. The SMILES string of the molecule is COc1ccccc1Cn1c(CCNC(=O)Cc2ccccc2C)nc2ccccc21. The van der Waals surface area contributed by atoms with Gasteiger partial charge in [-0.15, -0.1) is 0 Å². The molecule has 1 amide bonds. The smallest absolute Gasteiger partial charge is 0.224 e. The fourth-order valence-corrected chi connectivity index (χ4v) is 3.85. The second-order valence-electron chi connectivity index (χ2n) is 7.62. The summed E-state index contributed by atoms with van der Waals surface area (Å²) in [4.78, 5) is 17.3. The zero-order valence-electron chi connectivity index (χ0n) is 18.0. The monoisotopic (exact) mass is 413 g/mol. The topological polar surface area (TPSA) is 56.1 Å². The van der Waals surface area contributed by atoms with Crippen molar-refractivity contribution in [1.29, 1.82) is 0 Å². The molecule has 0 saturated carbocycles. The number of aryl methyl sites for hydroxylation is 1. The Hall–Kier alpha value is -3.60. The normalized spacial score (nSPS) is 10.9. The zero-order chi connectivity index (χ0) is 21.6. The lowest BCUT2D eigenvalue weighted by molar-refractivity contribution is -0.120. The van der Waals surface area contributed by atoms with Crippen LogP contribution in [0.1, 0.15) is 22.5 Å². The predicted molar refractivity (Wildman–Crippen MR) is 123 cm³/mol. The number of ether oxygens (including phenoxy) is 1. The number of carbonyl (C=O) groups is 1. The molecular weight excluding hydrogens is 386 g/mol. The maximum atomic E-state index is 12.4. The van der Waals surface area contributed by atoms with E-state index in [1.807, 2.05) is 67.6 Å². The Morgan fingerprint density at radius 1 is 0.968 bits per heavy atom. The van der Waals surface area contributed by atoms with Crippen molar-refractivity contribution in [2.24, 2.45) is 0 Å². The van der Waals surface area contributed by atoms with Crippen LogP contribution < -0.4 is 10.1 Å². The minimum atomic E-state index is 0.0293. The summed E-state index contributed by atoms with van der Waals surface area (Å²) in [5.74, 6) is 1.84. The van der Waals surface area contributed by atoms with Crippen LogP contribution in [0, 0.1) is 6.92 Å². The second-order valence-corrected chi connectivity index (χ2v) is 7.62. The molecule has 4 rings (SSSR count). The third-order valence-corrected chi connectivity index (χ3v) is 5.54. The number of nitrogens with one attached hydrogen (secondary N) is 1. The van der Waals surface area contributed by atoms with E-state index in [0.717, 1.165) is 39.3 Å². The number of nitrogens with zero attached hydrogens (tertiary/aromatic N) is 2. The van der Waals surface area contributed by atoms with Crippen LogP contribution in [0.2, 0.25) is 0 Å². The highest BCUT2D eigenvalue weighted by Crippen LogP contribution is 2.23. The molecule has 4 aromatic rings. The van der Waals surface area contributed by atoms with Crippen molar-refractivity contribution in [1.82, 2.24) is 14.9 Å². The van der Waals surface area contributed by atoms with E-state index in [4.69, 9.17) is 9.72 Å². The van der Waals surface area contributed by atoms with E-state index in [9.17, 15) is 4.79 Å². The van der Waals surface area contributed by atoms with Crippen LogP contribution in [0.15, 0.2) is 72.8 Å². The average molecular weight is 414 g/mol. The van der Waals surface area contributed by atoms with Gasteiger partial charge in [0.1, 0.15) is 11.6 Å². The molecule has 0 fully saturated rings. The predicted octanol–water partition coefficient (Wildman–Crippen LogP) is 4.30. The van der Waals surface area contributed by atoms with Gasteiger partial charge in [0.15, 0.2) is 0 Å². The van der Waals surface area contributed by atoms with E-state index in [1.54, 1.807) is 7.11 Å². The maximum Gasteiger partial charge on any atom is 0.224 e. The molecule has 0 radical (unpaired) electrons. The first-order valence-corrected chi connectivity index (χ1v) is 10.5. The van der Waals surface area contributed by atoms with E-state index >= 15 is 0 Å². The summed E-state index contributed by atoms with van der Waals surface area (Å²) in [6, 6.07) is 24.1. The van der Waals surface area contributed by atoms with Crippen LogP contribution >= 0.6 is 0 Å². The number of hydrogen-bond acceptors (Lipinski definition) is 3. The van der Waals surface area contributed by atoms with Crippen molar-refractivity contribution < 1.29 is 9.53 Å². The van der Waals surface area contributed by atoms with E-state index in [0.29, 0.717) is 25.9 Å². The number of para-hydroxylation sites is 3. The van der Waals surface area contributed by atoms with Gasteiger partial charge in [0, 0.05) is 18.5 Å². The fourth-order valence-electron chi connectivity index (χ4n) is 3.85. The highest BCUT2D eigenvalue weighted by atomic mass is 16.5. The van der Waals surface area contributed by atoms with Gasteiger partial charge in [-0.3, -0.25) is 4.79 Å². The molecule has 0 unspecified atom stereocenters. The number of amides is 1. The van der Waals surface area contributed by atoms with Crippen LogP contribution in [-0.4, -0.2) is 29.1 Å². The summed E-state index contributed by atoms with van der Waals surface area (Å²) in [5.41, 5.74) is 5.32. The summed E-state index contributed by atoms with van der Waals surface area (Å²) in [7, 11) is 1.69. The molecule has 0 spiro atoms. The molecule has 5 nitrogen and oxygen atoms in total. The Morgan fingerprint density at radius 2 is 1.68 bits per heavy atom. The zero-order valence-corrected chi connectivity index (χ0v) is 18.0. The highest BCUT2D eigenvalue weighted by Gasteiger charge is 2.13. The van der Waals surface area contributed by atoms with Gasteiger partial charge in [-0.05, 0) is 36.2 Å². The number of aromatic nitrogens is 2. The maximum absolute atomic E-state index is 12.4. The molecule has 1 N–H and O–H groups in total. The number of fused-ring (bicyclic) bond motifs is 1. The standard InChI is InChI=1S/C26H27N3O2/c1-19-9-3-4-10-20(19)17-26(30)27-16-15-25-28-22-12-6-7-13-23(22)29(25)18-21-11-5-8-14-24(21)31-2/h3-14H,15-18H2,1-2H3,(H,27,30). The van der Waals surface area contributed by atoms with Gasteiger partial charge in [0.25, 0.3) is 0 Å². The lowest BCUT2D eigenvalue weighted by Crippen LogP contribution is -2.28. The Kier molecular flexibility index (Phi) is 6.32. The van der Waals surface area contributed by atoms with Gasteiger partial charge in [0.05, 0.1) is 31.1 Å². The molecular formula is C26H27N3O2. The van der Waals surface area contributed by atoms with Crippen molar-refractivity contribution in [2.75, 3.05) is 13.7 Å². The Bertz CT molecular complexity index is 1200. The Balaban J connectivity index is 1.49. The van der Waals surface area contributed by atoms with E-state index in [-0.39, 0.29) is 5.91 Å². The molecule has 0 bridgehead atoms. The van der Waals surface area contributed by atoms with Crippen LogP contribution in [-0.2, 0) is 24.2 Å². The first-order valence-electron chi connectivity index (χ1n) is 10.5. The van der Waals surface area contributed by atoms with Gasteiger partial charge in [-0.1, -0.05) is 54.6 Å². The van der Waals surface area contributed by atoms with E-state index in [2.05, 4.69) is 22.0 Å². The molecule has 0 atom stereocenters. The summed E-state index contributed by atoms with van der Waals surface area (Å²) in [5, 5.41) is 3.05. The number of benzene rings is 3. The molecule has 1 aromatic heterocycles. The highest BCUT2D eigenvalue weighted by molar-refractivity contribution is 5.79. The van der Waals surface area contributed by atoms with Crippen molar-refractivity contribution >= 4 is 16.9 Å². The van der Waals surface area contributed by atoms with E-state index < -0.39 is 0 Å². The van der Waals surface area contributed by atoms with Crippen LogP contribution in [0.25, 0.3) is 11.0 Å². The van der Waals surface area contributed by atoms with Crippen molar-refractivity contribution in [2.45, 2.75) is 26.3 Å². The minimum absolute atomic E-state index is 0.0293. The molecule has 0 aliphatic heterocycles. The quantitative estimate of drug-likeness (QED) is 0.468. The summed E-state index contributed by atoms with van der Waals surface area (Å²) >= 11 is 0. The van der Waals surface area contributed by atoms with Crippen molar-refractivity contribution in [3.63, 3.8) is 0 Å². The van der Waals surface area contributed by atoms with Gasteiger partial charge in [0.2, 0.25) is 5.91 Å². The van der Waals surface area contributed by atoms with Crippen molar-refractivity contribution in [3.8, 4) is 5.75 Å². The van der Waals surface area contributed by atoms with Crippen LogP contribution in [0.5, 0.6) is 5.75 Å². The molecule has 31 heavy (non-hydrogen) atoms. The molecule has 0 saturated heterocycles. The lowest BCUT2D eigenvalue weighted by Gasteiger charge is -2.13. The molecule has 1 heterocycles. The molecule has 3 aromatic carbocycles. The van der Waals surface area contributed by atoms with Crippen LogP contribution in [0.3, 0.4) is 0 Å². The van der Waals surface area contributed by atoms with Crippen LogP contribution in [0.4, 0.5) is 0 Å². The van der Waals surface area contributed by atoms with Gasteiger partial charge >= 0.3 is 0 Å². The second kappa shape index (κ2) is 9.47. The van der Waals surface area contributed by atoms with Gasteiger partial charge < -0.3 is 14.6 Å². The van der Waals surface area contributed by atoms with Gasteiger partial charge in [-0.2, -0.15) is 0 Å². The number of carbonyl (C=O) groups excluding carboxylic acids is 1. The molecule has 0 aliphatic rings. The minimum Gasteiger partial charge on any atom is -0.496 e. The lowest BCUT2D eigenvalue weighted by atomic mass is 10.1. The number of imidazole rings is 1. The molecule has 0 aliphatic carbocycles. The number of hydrogen-bond donors (Lipinski definition) is 1. The van der Waals surface area contributed by atoms with Gasteiger partial charge in [-0.25, -0.2) is 4.98 Å². The third kappa shape index (κ3) is 4.77. The van der Waals surface area contributed by atoms with Crippen molar-refractivity contribution in [3.05, 3.63) is 95.3 Å². The molecule has 5 heteroatoms. The summed E-state index contributed by atoms with van der Waals surface area (Å²) < 4.78 is 7.74. The first-order chi connectivity index (χ1) is 15.2. The Morgan fingerprint density at radius 3 is 2.48 bits per heavy atom. The first kappa shape index (κ1) is 20.7. The summed E-state index contributed by atoms with van der Waals surface area (Å²) in [6.07, 6.45) is 1.05. The molecule has 158 valence electrons. The Labute approximate surface area is 182 Å². The largest absolute Gasteiger partial charge is 0.496 e. The summed E-state index contributed by atoms with van der Waals surface area (Å²) in [6.45, 7) is 3.24.